The number of amides is 1. The van der Waals surface area contributed by atoms with Crippen LogP contribution in [0, 0.1) is 6.92 Å². The molecule has 0 bridgehead atoms. The zero-order valence-corrected chi connectivity index (χ0v) is 14.9. The van der Waals surface area contributed by atoms with E-state index in [4.69, 9.17) is 0 Å². The number of rotatable bonds is 5. The van der Waals surface area contributed by atoms with Crippen LogP contribution in [0.3, 0.4) is 0 Å². The van der Waals surface area contributed by atoms with E-state index in [1.165, 1.54) is 4.88 Å². The zero-order chi connectivity index (χ0) is 17.8. The lowest BCUT2D eigenvalue weighted by molar-refractivity contribution is -0.121. The molecule has 1 saturated heterocycles. The van der Waals surface area contributed by atoms with Gasteiger partial charge in [0, 0.05) is 35.3 Å². The molecule has 1 atom stereocenters. The lowest BCUT2D eigenvalue weighted by atomic mass is 10.0. The van der Waals surface area contributed by atoms with Crippen LogP contribution in [-0.4, -0.2) is 39.9 Å². The van der Waals surface area contributed by atoms with Gasteiger partial charge in [0.15, 0.2) is 0 Å². The first kappa shape index (κ1) is 17.6. The molecule has 0 radical (unpaired) electrons. The number of hydrogen-bond donors (Lipinski definition) is 3. The maximum Gasteiger partial charge on any atom is 0.325 e. The van der Waals surface area contributed by atoms with Crippen molar-refractivity contribution in [3.8, 4) is 0 Å². The van der Waals surface area contributed by atoms with Crippen LogP contribution >= 0.6 is 11.3 Å². The molecule has 3 N–H and O–H groups in total. The van der Waals surface area contributed by atoms with Crippen LogP contribution in [0.25, 0.3) is 0 Å². The number of nitrogens with one attached hydrogen (secondary N) is 3. The maximum atomic E-state index is 12.3. The van der Waals surface area contributed by atoms with Crippen LogP contribution in [0.4, 0.5) is 0 Å². The number of carbonyl (C=O) groups is 1. The average Bonchev–Trinajstić information content (AvgIpc) is 3.04. The first-order valence-electron chi connectivity index (χ1n) is 8.37. The fourth-order valence-electron chi connectivity index (χ4n) is 3.22. The molecule has 0 aliphatic carbocycles. The van der Waals surface area contributed by atoms with Crippen molar-refractivity contribution in [3.05, 3.63) is 54.5 Å². The molecule has 3 heterocycles. The summed E-state index contributed by atoms with van der Waals surface area (Å²) in [4.78, 5) is 43.7. The molecule has 0 spiro atoms. The SMILES string of the molecule is Cc1[nH]c(=O)[nH]c(=O)c1CC(=O)NC1CCCN(Cc2cccs2)C1. The van der Waals surface area contributed by atoms with Gasteiger partial charge < -0.3 is 10.3 Å². The van der Waals surface area contributed by atoms with E-state index in [0.717, 1.165) is 32.5 Å². The van der Waals surface area contributed by atoms with Crippen molar-refractivity contribution in [1.82, 2.24) is 20.2 Å². The van der Waals surface area contributed by atoms with E-state index in [2.05, 4.69) is 31.6 Å². The van der Waals surface area contributed by atoms with E-state index in [-0.39, 0.29) is 18.4 Å². The van der Waals surface area contributed by atoms with E-state index in [9.17, 15) is 14.4 Å². The molecule has 8 heteroatoms. The molecular weight excluding hydrogens is 340 g/mol. The van der Waals surface area contributed by atoms with Gasteiger partial charge in [-0.3, -0.25) is 19.5 Å². The van der Waals surface area contributed by atoms with Crippen molar-refractivity contribution in [1.29, 1.82) is 0 Å². The van der Waals surface area contributed by atoms with Crippen LogP contribution in [0.2, 0.25) is 0 Å². The molecule has 1 aliphatic rings. The van der Waals surface area contributed by atoms with Gasteiger partial charge in [-0.05, 0) is 37.8 Å². The number of nitrogens with zero attached hydrogens (tertiary/aromatic N) is 1. The van der Waals surface area contributed by atoms with Gasteiger partial charge in [0.05, 0.1) is 6.42 Å². The van der Waals surface area contributed by atoms with Gasteiger partial charge in [0.1, 0.15) is 0 Å². The van der Waals surface area contributed by atoms with Crippen molar-refractivity contribution in [3.63, 3.8) is 0 Å². The average molecular weight is 362 g/mol. The molecule has 1 fully saturated rings. The van der Waals surface area contributed by atoms with E-state index in [1.807, 2.05) is 6.07 Å². The quantitative estimate of drug-likeness (QED) is 0.731. The number of thiophene rings is 1. The van der Waals surface area contributed by atoms with Crippen molar-refractivity contribution < 1.29 is 4.79 Å². The lowest BCUT2D eigenvalue weighted by Crippen LogP contribution is -2.48. The Balaban J connectivity index is 1.57. The minimum absolute atomic E-state index is 0.0284. The molecule has 7 nitrogen and oxygen atoms in total. The number of aromatic nitrogens is 2. The second kappa shape index (κ2) is 7.79. The largest absolute Gasteiger partial charge is 0.352 e. The molecule has 2 aromatic rings. The van der Waals surface area contributed by atoms with Crippen LogP contribution in [0.5, 0.6) is 0 Å². The van der Waals surface area contributed by atoms with Crippen molar-refractivity contribution in [2.75, 3.05) is 13.1 Å². The van der Waals surface area contributed by atoms with Crippen molar-refractivity contribution >= 4 is 17.2 Å². The Morgan fingerprint density at radius 2 is 2.24 bits per heavy atom. The Kier molecular flexibility index (Phi) is 5.50. The highest BCUT2D eigenvalue weighted by molar-refractivity contribution is 7.09. The Bertz CT molecular complexity index is 840. The molecule has 3 rings (SSSR count). The Morgan fingerprint density at radius 3 is 2.96 bits per heavy atom. The van der Waals surface area contributed by atoms with E-state index >= 15 is 0 Å². The third kappa shape index (κ3) is 4.67. The summed E-state index contributed by atoms with van der Waals surface area (Å²) in [7, 11) is 0. The standard InChI is InChI=1S/C17H22N4O3S/c1-11-14(16(23)20-17(24)18-11)8-15(22)19-12-4-2-6-21(9-12)10-13-5-3-7-25-13/h3,5,7,12H,2,4,6,8-10H2,1H3,(H,19,22)(H2,18,20,23,24). The molecule has 0 saturated carbocycles. The second-order valence-electron chi connectivity index (χ2n) is 6.41. The predicted octanol–water partition coefficient (Wildman–Crippen LogP) is 0.756. The molecule has 25 heavy (non-hydrogen) atoms. The summed E-state index contributed by atoms with van der Waals surface area (Å²) in [5.41, 5.74) is -0.308. The van der Waals surface area contributed by atoms with Gasteiger partial charge >= 0.3 is 5.69 Å². The van der Waals surface area contributed by atoms with E-state index in [0.29, 0.717) is 11.3 Å². The molecule has 1 amide bonds. The summed E-state index contributed by atoms with van der Waals surface area (Å²) in [6.07, 6.45) is 1.95. The highest BCUT2D eigenvalue weighted by atomic mass is 32.1. The van der Waals surface area contributed by atoms with Crippen LogP contribution in [0.15, 0.2) is 27.1 Å². The normalized spacial score (nSPS) is 18.2. The van der Waals surface area contributed by atoms with E-state index in [1.54, 1.807) is 18.3 Å². The fraction of sp³-hybridized carbons (Fsp3) is 0.471. The number of carbonyl (C=O) groups excluding carboxylic acids is 1. The van der Waals surface area contributed by atoms with Gasteiger partial charge in [-0.25, -0.2) is 4.79 Å². The van der Waals surface area contributed by atoms with Gasteiger partial charge in [-0.1, -0.05) is 6.07 Å². The summed E-state index contributed by atoms with van der Waals surface area (Å²) in [5.74, 6) is -0.191. The summed E-state index contributed by atoms with van der Waals surface area (Å²) in [6.45, 7) is 4.37. The smallest absolute Gasteiger partial charge is 0.325 e. The fourth-order valence-corrected chi connectivity index (χ4v) is 3.96. The molecule has 0 aromatic carbocycles. The lowest BCUT2D eigenvalue weighted by Gasteiger charge is -2.32. The molecular formula is C17H22N4O3S. The van der Waals surface area contributed by atoms with Crippen LogP contribution in [-0.2, 0) is 17.8 Å². The van der Waals surface area contributed by atoms with Crippen molar-refractivity contribution in [2.45, 2.75) is 38.8 Å². The topological polar surface area (TPSA) is 98.1 Å². The number of hydrogen-bond acceptors (Lipinski definition) is 5. The first-order valence-corrected chi connectivity index (χ1v) is 9.25. The third-order valence-corrected chi connectivity index (χ3v) is 5.28. The second-order valence-corrected chi connectivity index (χ2v) is 7.44. The Labute approximate surface area is 149 Å². The highest BCUT2D eigenvalue weighted by Crippen LogP contribution is 2.17. The highest BCUT2D eigenvalue weighted by Gasteiger charge is 2.22. The summed E-state index contributed by atoms with van der Waals surface area (Å²) in [6, 6.07) is 4.26. The summed E-state index contributed by atoms with van der Waals surface area (Å²) >= 11 is 1.74. The van der Waals surface area contributed by atoms with Crippen molar-refractivity contribution in [2.24, 2.45) is 0 Å². The third-order valence-electron chi connectivity index (χ3n) is 4.42. The molecule has 1 aliphatic heterocycles. The summed E-state index contributed by atoms with van der Waals surface area (Å²) < 4.78 is 0. The van der Waals surface area contributed by atoms with Crippen LogP contribution in [0.1, 0.15) is 29.0 Å². The first-order chi connectivity index (χ1) is 12.0. The van der Waals surface area contributed by atoms with Gasteiger partial charge in [-0.2, -0.15) is 0 Å². The molecule has 134 valence electrons. The number of likely N-dealkylation sites (tertiary alicyclic amines) is 1. The Hall–Kier alpha value is -2.19. The number of H-pyrrole nitrogens is 2. The van der Waals surface area contributed by atoms with Gasteiger partial charge in [0.25, 0.3) is 5.56 Å². The molecule has 1 unspecified atom stereocenters. The van der Waals surface area contributed by atoms with E-state index < -0.39 is 11.2 Å². The number of aromatic amines is 2. The zero-order valence-electron chi connectivity index (χ0n) is 14.1. The number of aryl methyl sites for hydroxylation is 1. The van der Waals surface area contributed by atoms with Gasteiger partial charge in [0.2, 0.25) is 5.91 Å². The van der Waals surface area contributed by atoms with Crippen LogP contribution < -0.4 is 16.6 Å². The minimum atomic E-state index is -0.553. The van der Waals surface area contributed by atoms with Gasteiger partial charge in [-0.15, -0.1) is 11.3 Å². The summed E-state index contributed by atoms with van der Waals surface area (Å²) in [5, 5.41) is 5.10. The monoisotopic (exact) mass is 362 g/mol. The Morgan fingerprint density at radius 1 is 1.40 bits per heavy atom. The maximum absolute atomic E-state index is 12.3. The number of piperidine rings is 1. The molecule has 2 aromatic heterocycles. The minimum Gasteiger partial charge on any atom is -0.352 e. The predicted molar refractivity (Wildman–Crippen MR) is 96.9 cm³/mol.